The SMILES string of the molecule is Cc1cccc(C)c1-n1c(-c2ccc3c(n2)-c2c(O)cccc2C(C)(C)C3(C)C)nc2c(-c3ccc4oc5ccccc5c4c3)c(-c3c(-c4cccc(C(C)(C)C)c4)cccc3-c3cccc(C(C)(C)C)c3)ccc21. The number of aryl methyl sites for hydroxylation is 2. The molecule has 0 fully saturated rings. The van der Waals surface area contributed by atoms with Crippen molar-refractivity contribution < 1.29 is 9.52 Å². The molecule has 11 aromatic rings. The van der Waals surface area contributed by atoms with Crippen molar-refractivity contribution in [2.45, 2.75) is 105 Å². The van der Waals surface area contributed by atoms with E-state index in [-0.39, 0.29) is 27.4 Å². The molecule has 12 rings (SSSR count). The Kier molecular flexibility index (Phi) is 10.9. The van der Waals surface area contributed by atoms with E-state index in [0.717, 1.165) is 128 Å². The minimum Gasteiger partial charge on any atom is -0.507 e. The summed E-state index contributed by atoms with van der Waals surface area (Å²) < 4.78 is 8.84. The number of fused-ring (bicyclic) bond motifs is 7. The average molecular weight is 980 g/mol. The van der Waals surface area contributed by atoms with E-state index in [4.69, 9.17) is 14.4 Å². The van der Waals surface area contributed by atoms with Crippen LogP contribution in [0.5, 0.6) is 5.75 Å². The summed E-state index contributed by atoms with van der Waals surface area (Å²) in [7, 11) is 0. The van der Waals surface area contributed by atoms with Crippen LogP contribution in [0.25, 0.3) is 106 Å². The lowest BCUT2D eigenvalue weighted by molar-refractivity contribution is 0.296. The van der Waals surface area contributed by atoms with Gasteiger partial charge in [0.2, 0.25) is 0 Å². The van der Waals surface area contributed by atoms with E-state index < -0.39 is 0 Å². The molecule has 0 spiro atoms. The molecule has 0 aliphatic heterocycles. The second kappa shape index (κ2) is 17.0. The van der Waals surface area contributed by atoms with Crippen molar-refractivity contribution >= 4 is 33.0 Å². The smallest absolute Gasteiger partial charge is 0.164 e. The first-order valence-corrected chi connectivity index (χ1v) is 26.5. The summed E-state index contributed by atoms with van der Waals surface area (Å²) in [5.74, 6) is 0.956. The molecular formula is C70H65N3O2. The van der Waals surface area contributed by atoms with Gasteiger partial charge in [0.25, 0.3) is 0 Å². The zero-order valence-corrected chi connectivity index (χ0v) is 45.4. The maximum absolute atomic E-state index is 11.8. The number of para-hydroxylation sites is 2. The van der Waals surface area contributed by atoms with Crippen LogP contribution in [0.15, 0.2) is 174 Å². The van der Waals surface area contributed by atoms with Crippen molar-refractivity contribution in [1.29, 1.82) is 0 Å². The zero-order valence-electron chi connectivity index (χ0n) is 45.4. The molecule has 0 atom stereocenters. The number of pyridine rings is 1. The van der Waals surface area contributed by atoms with Crippen LogP contribution >= 0.6 is 0 Å². The Hall–Kier alpha value is -8.02. The number of hydrogen-bond donors (Lipinski definition) is 1. The number of furan rings is 1. The summed E-state index contributed by atoms with van der Waals surface area (Å²) in [6.45, 7) is 27.2. The number of hydrogen-bond acceptors (Lipinski definition) is 4. The van der Waals surface area contributed by atoms with Crippen molar-refractivity contribution in [2.75, 3.05) is 0 Å². The minimum atomic E-state index is -0.302. The Labute approximate surface area is 441 Å². The van der Waals surface area contributed by atoms with Gasteiger partial charge in [-0.1, -0.05) is 203 Å². The zero-order chi connectivity index (χ0) is 52.5. The van der Waals surface area contributed by atoms with Gasteiger partial charge in [-0.05, 0) is 139 Å². The standard InChI is InChI=1S/C70H65N3O2/c1-41-20-15-21-42(2)65(41)73-56-36-33-51(61-48(43-22-16-24-46(38-43)67(3,4)5)27-18-28-49(61)44-23-17-25-47(39-44)68(6,7)8)60(45-32-37-59-52(40-45)50-26-13-14-31-58(50)75-59)64(56)72-66(73)55-35-34-54-63(71-55)62-53(29-19-30-57(62)74)69(9,10)70(54,11)12/h13-40,74H,1-12H3. The lowest BCUT2D eigenvalue weighted by atomic mass is 9.56. The maximum atomic E-state index is 11.8. The van der Waals surface area contributed by atoms with Crippen molar-refractivity contribution in [3.63, 3.8) is 0 Å². The van der Waals surface area contributed by atoms with E-state index in [1.54, 1.807) is 6.07 Å². The summed E-state index contributed by atoms with van der Waals surface area (Å²) in [6, 6.07) is 61.4. The Morgan fingerprint density at radius 3 is 1.75 bits per heavy atom. The normalized spacial score (nSPS) is 14.1. The van der Waals surface area contributed by atoms with Crippen LogP contribution in [-0.2, 0) is 21.7 Å². The van der Waals surface area contributed by atoms with Crippen LogP contribution in [0.4, 0.5) is 0 Å². The second-order valence-electron chi connectivity index (χ2n) is 24.1. The molecule has 3 heterocycles. The van der Waals surface area contributed by atoms with E-state index in [0.29, 0.717) is 0 Å². The van der Waals surface area contributed by atoms with Crippen molar-refractivity contribution in [3.8, 4) is 78.7 Å². The first-order chi connectivity index (χ1) is 35.7. The predicted molar refractivity (Wildman–Crippen MR) is 313 cm³/mol. The Balaban J connectivity index is 1.24. The lowest BCUT2D eigenvalue weighted by Crippen LogP contribution is -2.43. The second-order valence-corrected chi connectivity index (χ2v) is 24.1. The van der Waals surface area contributed by atoms with Gasteiger partial charge < -0.3 is 9.52 Å². The van der Waals surface area contributed by atoms with Gasteiger partial charge in [0.1, 0.15) is 22.6 Å². The fourth-order valence-electron chi connectivity index (χ4n) is 12.0. The van der Waals surface area contributed by atoms with Crippen molar-refractivity contribution in [3.05, 3.63) is 203 Å². The lowest BCUT2D eigenvalue weighted by Gasteiger charge is -2.47. The molecule has 8 aromatic carbocycles. The van der Waals surface area contributed by atoms with Crippen LogP contribution < -0.4 is 0 Å². The number of phenolic OH excluding ortho intramolecular Hbond substituents is 1. The topological polar surface area (TPSA) is 64.1 Å². The van der Waals surface area contributed by atoms with E-state index in [1.165, 1.54) is 11.1 Å². The third-order valence-electron chi connectivity index (χ3n) is 16.9. The van der Waals surface area contributed by atoms with Gasteiger partial charge in [0.15, 0.2) is 5.82 Å². The summed E-state index contributed by atoms with van der Waals surface area (Å²) in [5, 5.41) is 13.9. The molecule has 0 saturated carbocycles. The summed E-state index contributed by atoms with van der Waals surface area (Å²) >= 11 is 0. The fraction of sp³-hybridized carbons (Fsp3) is 0.229. The van der Waals surface area contributed by atoms with Gasteiger partial charge in [-0.15, -0.1) is 0 Å². The van der Waals surface area contributed by atoms with Gasteiger partial charge in [-0.2, -0.15) is 0 Å². The molecule has 0 amide bonds. The van der Waals surface area contributed by atoms with Gasteiger partial charge in [-0.25, -0.2) is 9.97 Å². The Bertz CT molecular complexity index is 4030. The van der Waals surface area contributed by atoms with Crippen LogP contribution in [0, 0.1) is 13.8 Å². The highest BCUT2D eigenvalue weighted by atomic mass is 16.3. The number of aromatic nitrogens is 3. The van der Waals surface area contributed by atoms with Gasteiger partial charge in [-0.3, -0.25) is 4.57 Å². The molecule has 372 valence electrons. The molecule has 5 heteroatoms. The van der Waals surface area contributed by atoms with Crippen LogP contribution in [-0.4, -0.2) is 19.6 Å². The van der Waals surface area contributed by atoms with E-state index >= 15 is 0 Å². The summed E-state index contributed by atoms with van der Waals surface area (Å²) in [6.07, 6.45) is 0. The third kappa shape index (κ3) is 7.56. The number of phenols is 1. The third-order valence-corrected chi connectivity index (χ3v) is 16.9. The van der Waals surface area contributed by atoms with Crippen LogP contribution in [0.3, 0.4) is 0 Å². The summed E-state index contributed by atoms with van der Waals surface area (Å²) in [5.41, 5.74) is 22.0. The number of imidazole rings is 1. The molecule has 1 aliphatic carbocycles. The molecular weight excluding hydrogens is 915 g/mol. The predicted octanol–water partition coefficient (Wildman–Crippen LogP) is 18.8. The number of rotatable bonds is 6. The van der Waals surface area contributed by atoms with Crippen LogP contribution in [0.1, 0.15) is 103 Å². The Morgan fingerprint density at radius 1 is 0.480 bits per heavy atom. The van der Waals surface area contributed by atoms with E-state index in [2.05, 4.69) is 233 Å². The van der Waals surface area contributed by atoms with Crippen LogP contribution in [0.2, 0.25) is 0 Å². The largest absolute Gasteiger partial charge is 0.507 e. The molecule has 1 N–H and O–H groups in total. The number of benzene rings is 8. The van der Waals surface area contributed by atoms with E-state index in [1.807, 2.05) is 18.2 Å². The first-order valence-electron chi connectivity index (χ1n) is 26.5. The molecule has 5 nitrogen and oxygen atoms in total. The first kappa shape index (κ1) is 48.0. The maximum Gasteiger partial charge on any atom is 0.164 e. The van der Waals surface area contributed by atoms with Gasteiger partial charge >= 0.3 is 0 Å². The average Bonchev–Trinajstić information content (AvgIpc) is 3.96. The quantitative estimate of drug-likeness (QED) is 0.180. The molecule has 0 saturated heterocycles. The molecule has 0 unspecified atom stereocenters. The molecule has 0 radical (unpaired) electrons. The summed E-state index contributed by atoms with van der Waals surface area (Å²) in [4.78, 5) is 11.6. The number of nitrogens with zero attached hydrogens (tertiary/aromatic N) is 3. The molecule has 0 bridgehead atoms. The molecule has 3 aromatic heterocycles. The van der Waals surface area contributed by atoms with Crippen molar-refractivity contribution in [2.24, 2.45) is 0 Å². The molecule has 75 heavy (non-hydrogen) atoms. The fourth-order valence-corrected chi connectivity index (χ4v) is 12.0. The number of aromatic hydroxyl groups is 1. The van der Waals surface area contributed by atoms with Gasteiger partial charge in [0, 0.05) is 27.3 Å². The van der Waals surface area contributed by atoms with Crippen molar-refractivity contribution in [1.82, 2.24) is 14.5 Å². The van der Waals surface area contributed by atoms with E-state index in [9.17, 15) is 5.11 Å². The highest BCUT2D eigenvalue weighted by Crippen LogP contribution is 2.56. The molecule has 1 aliphatic rings. The minimum absolute atomic E-state index is 0.0594. The highest BCUT2D eigenvalue weighted by Gasteiger charge is 2.47. The highest BCUT2D eigenvalue weighted by molar-refractivity contribution is 6.12. The van der Waals surface area contributed by atoms with Gasteiger partial charge in [0.05, 0.1) is 22.4 Å². The monoisotopic (exact) mass is 980 g/mol. The Morgan fingerprint density at radius 2 is 1.08 bits per heavy atom.